The zero-order valence-corrected chi connectivity index (χ0v) is 19.5. The highest BCUT2D eigenvalue weighted by Crippen LogP contribution is 2.37. The molecule has 3 heterocycles. The molecule has 0 spiro atoms. The molecule has 1 fully saturated rings. The van der Waals surface area contributed by atoms with Crippen molar-refractivity contribution in [3.05, 3.63) is 93.7 Å². The zero-order chi connectivity index (χ0) is 22.8. The smallest absolute Gasteiger partial charge is 0.264 e. The lowest BCUT2D eigenvalue weighted by molar-refractivity contribution is 0.0598. The minimum atomic E-state index is -0.265. The van der Waals surface area contributed by atoms with Crippen LogP contribution >= 0.6 is 11.3 Å². The molecule has 2 aromatic carbocycles. The van der Waals surface area contributed by atoms with Gasteiger partial charge in [0.05, 0.1) is 22.9 Å². The van der Waals surface area contributed by atoms with Gasteiger partial charge in [0.1, 0.15) is 0 Å². The van der Waals surface area contributed by atoms with Crippen LogP contribution in [0.1, 0.15) is 44.1 Å². The van der Waals surface area contributed by atoms with Gasteiger partial charge in [-0.25, -0.2) is 0 Å². The lowest BCUT2D eigenvalue weighted by Gasteiger charge is -2.36. The van der Waals surface area contributed by atoms with Crippen LogP contribution in [0, 0.1) is 0 Å². The number of rotatable bonds is 6. The van der Waals surface area contributed by atoms with E-state index in [0.717, 1.165) is 43.3 Å². The van der Waals surface area contributed by atoms with Gasteiger partial charge in [-0.2, -0.15) is 0 Å². The van der Waals surface area contributed by atoms with Gasteiger partial charge in [0.25, 0.3) is 11.8 Å². The second-order valence-electron chi connectivity index (χ2n) is 8.47. The van der Waals surface area contributed by atoms with Gasteiger partial charge in [0, 0.05) is 37.6 Å². The summed E-state index contributed by atoms with van der Waals surface area (Å²) in [5.41, 5.74) is 3.17. The monoisotopic (exact) mass is 457 g/mol. The van der Waals surface area contributed by atoms with Crippen molar-refractivity contribution < 1.29 is 9.59 Å². The third-order valence-corrected chi connectivity index (χ3v) is 7.50. The second-order valence-corrected chi connectivity index (χ2v) is 9.45. The van der Waals surface area contributed by atoms with Gasteiger partial charge in [0.2, 0.25) is 0 Å². The number of imide groups is 1. The summed E-state index contributed by atoms with van der Waals surface area (Å²) in [7, 11) is 0. The Morgan fingerprint density at radius 3 is 2.42 bits per heavy atom. The first-order valence-corrected chi connectivity index (χ1v) is 12.2. The Morgan fingerprint density at radius 1 is 0.909 bits per heavy atom. The lowest BCUT2D eigenvalue weighted by atomic mass is 10.1. The predicted molar refractivity (Wildman–Crippen MR) is 134 cm³/mol. The normalized spacial score (nSPS) is 17.7. The molecule has 6 heteroatoms. The van der Waals surface area contributed by atoms with Crippen LogP contribution < -0.4 is 4.90 Å². The van der Waals surface area contributed by atoms with E-state index in [1.165, 1.54) is 10.5 Å². The Bertz CT molecular complexity index is 1170. The molecule has 1 unspecified atom stereocenters. The van der Waals surface area contributed by atoms with Gasteiger partial charge in [-0.05, 0) is 36.1 Å². The summed E-state index contributed by atoms with van der Waals surface area (Å²) in [6.07, 6.45) is 4.36. The van der Waals surface area contributed by atoms with Crippen molar-refractivity contribution in [3.8, 4) is 0 Å². The molecule has 1 atom stereocenters. The Kier molecular flexibility index (Phi) is 6.11. The lowest BCUT2D eigenvalue weighted by Crippen LogP contribution is -2.46. The number of piperazine rings is 1. The molecule has 5 rings (SSSR count). The van der Waals surface area contributed by atoms with Crippen molar-refractivity contribution in [3.63, 3.8) is 0 Å². The number of anilines is 1. The molecule has 168 valence electrons. The van der Waals surface area contributed by atoms with E-state index in [9.17, 15) is 9.59 Å². The summed E-state index contributed by atoms with van der Waals surface area (Å²) in [6, 6.07) is 19.6. The minimum Gasteiger partial charge on any atom is -0.368 e. The summed E-state index contributed by atoms with van der Waals surface area (Å²) in [5, 5.41) is 1.98. The zero-order valence-electron chi connectivity index (χ0n) is 18.7. The molecular formula is C27H27N3O2S. The first-order chi connectivity index (χ1) is 16.1. The van der Waals surface area contributed by atoms with Crippen molar-refractivity contribution in [1.82, 2.24) is 9.80 Å². The SMILES string of the molecule is CC(c1cccs1)N1C(=O)c2cccc(N3CCN(CC=Cc4ccccc4)CC3)c2C1=O. The van der Waals surface area contributed by atoms with Gasteiger partial charge in [0.15, 0.2) is 0 Å². The predicted octanol–water partition coefficient (Wildman–Crippen LogP) is 4.94. The molecular weight excluding hydrogens is 430 g/mol. The molecule has 1 aromatic heterocycles. The fourth-order valence-corrected chi connectivity index (χ4v) is 5.40. The topological polar surface area (TPSA) is 43.9 Å². The van der Waals surface area contributed by atoms with E-state index in [1.807, 2.05) is 54.8 Å². The van der Waals surface area contributed by atoms with Crippen molar-refractivity contribution in [1.29, 1.82) is 0 Å². The van der Waals surface area contributed by atoms with Crippen molar-refractivity contribution in [2.45, 2.75) is 13.0 Å². The Hall–Kier alpha value is -3.22. The van der Waals surface area contributed by atoms with Crippen LogP contribution in [0.25, 0.3) is 6.08 Å². The van der Waals surface area contributed by atoms with Gasteiger partial charge < -0.3 is 4.90 Å². The average Bonchev–Trinajstić information content (AvgIpc) is 3.47. The van der Waals surface area contributed by atoms with Crippen LogP contribution in [0.2, 0.25) is 0 Å². The second kappa shape index (κ2) is 9.33. The van der Waals surface area contributed by atoms with E-state index in [-0.39, 0.29) is 17.9 Å². The Morgan fingerprint density at radius 2 is 1.70 bits per heavy atom. The molecule has 0 bridgehead atoms. The molecule has 2 aliphatic rings. The molecule has 0 N–H and O–H groups in total. The van der Waals surface area contributed by atoms with Gasteiger partial charge in [-0.15, -0.1) is 11.3 Å². The summed E-state index contributed by atoms with van der Waals surface area (Å²) >= 11 is 1.57. The van der Waals surface area contributed by atoms with Crippen LogP contribution in [0.5, 0.6) is 0 Å². The number of nitrogens with zero attached hydrogens (tertiary/aromatic N) is 3. The molecule has 3 aromatic rings. The number of thiophene rings is 1. The maximum absolute atomic E-state index is 13.4. The van der Waals surface area contributed by atoms with Crippen molar-refractivity contribution in [2.24, 2.45) is 0 Å². The minimum absolute atomic E-state index is 0.181. The van der Waals surface area contributed by atoms with E-state index >= 15 is 0 Å². The molecule has 1 saturated heterocycles. The number of fused-ring (bicyclic) bond motifs is 1. The number of hydrogen-bond donors (Lipinski definition) is 0. The van der Waals surface area contributed by atoms with Crippen LogP contribution in [0.4, 0.5) is 5.69 Å². The van der Waals surface area contributed by atoms with Gasteiger partial charge in [-0.1, -0.05) is 54.6 Å². The summed E-state index contributed by atoms with van der Waals surface area (Å²) in [4.78, 5) is 33.7. The van der Waals surface area contributed by atoms with E-state index in [4.69, 9.17) is 0 Å². The van der Waals surface area contributed by atoms with Crippen LogP contribution in [-0.4, -0.2) is 54.3 Å². The van der Waals surface area contributed by atoms with Gasteiger partial charge in [-0.3, -0.25) is 19.4 Å². The highest BCUT2D eigenvalue weighted by Gasteiger charge is 2.41. The molecule has 0 aliphatic carbocycles. The number of carbonyl (C=O) groups excluding carboxylic acids is 2. The van der Waals surface area contributed by atoms with E-state index in [2.05, 4.69) is 34.1 Å². The van der Waals surface area contributed by atoms with Gasteiger partial charge >= 0.3 is 0 Å². The Labute approximate surface area is 198 Å². The highest BCUT2D eigenvalue weighted by molar-refractivity contribution is 7.10. The molecule has 33 heavy (non-hydrogen) atoms. The number of hydrogen-bond acceptors (Lipinski definition) is 5. The Balaban J connectivity index is 1.28. The molecule has 2 amide bonds. The average molecular weight is 458 g/mol. The van der Waals surface area contributed by atoms with E-state index < -0.39 is 0 Å². The molecule has 5 nitrogen and oxygen atoms in total. The fraction of sp³-hybridized carbons (Fsp3) is 0.259. The van der Waals surface area contributed by atoms with Crippen LogP contribution in [0.15, 0.2) is 72.1 Å². The summed E-state index contributed by atoms with van der Waals surface area (Å²) in [5.74, 6) is -0.373. The number of carbonyl (C=O) groups is 2. The van der Waals surface area contributed by atoms with E-state index in [0.29, 0.717) is 11.1 Å². The molecule has 0 saturated carbocycles. The first-order valence-electron chi connectivity index (χ1n) is 11.4. The summed E-state index contributed by atoms with van der Waals surface area (Å²) in [6.45, 7) is 6.32. The fourth-order valence-electron chi connectivity index (χ4n) is 4.63. The maximum Gasteiger partial charge on any atom is 0.264 e. The summed E-state index contributed by atoms with van der Waals surface area (Å²) < 4.78 is 0. The third-order valence-electron chi connectivity index (χ3n) is 6.45. The maximum atomic E-state index is 13.4. The quantitative estimate of drug-likeness (QED) is 0.492. The largest absolute Gasteiger partial charge is 0.368 e. The number of benzene rings is 2. The molecule has 0 radical (unpaired) electrons. The van der Waals surface area contributed by atoms with Crippen LogP contribution in [-0.2, 0) is 0 Å². The van der Waals surface area contributed by atoms with Crippen molar-refractivity contribution in [2.75, 3.05) is 37.6 Å². The van der Waals surface area contributed by atoms with Crippen molar-refractivity contribution >= 4 is 34.9 Å². The third kappa shape index (κ3) is 4.24. The van der Waals surface area contributed by atoms with E-state index in [1.54, 1.807) is 17.4 Å². The number of amides is 2. The molecule has 2 aliphatic heterocycles. The first kappa shape index (κ1) is 21.6. The highest BCUT2D eigenvalue weighted by atomic mass is 32.1. The standard InChI is InChI=1S/C27H27N3O2S/c1-20(24-13-7-19-33-24)30-26(31)22-11-5-12-23(25(22)27(30)32)29-17-15-28(16-18-29)14-6-10-21-8-3-2-4-9-21/h2-13,19-20H,14-18H2,1H3. The van der Waals surface area contributed by atoms with Crippen LogP contribution in [0.3, 0.4) is 0 Å².